The topological polar surface area (TPSA) is 9.23 Å². The molecule has 0 N–H and O–H groups in total. The van der Waals surface area contributed by atoms with Gasteiger partial charge in [0.25, 0.3) is 0 Å². The maximum atomic E-state index is 6.24. The van der Waals surface area contributed by atoms with Gasteiger partial charge in [0.2, 0.25) is 0 Å². The van der Waals surface area contributed by atoms with E-state index in [-0.39, 0.29) is 9.28 Å². The lowest BCUT2D eigenvalue weighted by atomic mass is 10.2. The van der Waals surface area contributed by atoms with Gasteiger partial charge in [0, 0.05) is 6.10 Å². The Morgan fingerprint density at radius 2 is 1.62 bits per heavy atom. The second-order valence-corrected chi connectivity index (χ2v) is 17.1. The van der Waals surface area contributed by atoms with Crippen molar-refractivity contribution in [3.63, 3.8) is 0 Å². The Bertz CT molecular complexity index is 166. The van der Waals surface area contributed by atoms with Crippen LogP contribution in [0.5, 0.6) is 0 Å². The molecule has 0 bridgehead atoms. The van der Waals surface area contributed by atoms with Gasteiger partial charge in [0.05, 0.1) is 7.59 Å². The molecule has 0 aliphatic rings. The fourth-order valence-corrected chi connectivity index (χ4v) is 9.06. The minimum absolute atomic E-state index is 0.250. The summed E-state index contributed by atoms with van der Waals surface area (Å²) >= 11 is 0. The van der Waals surface area contributed by atoms with Crippen LogP contribution in [0.15, 0.2) is 0 Å². The Morgan fingerprint density at radius 3 is 2.00 bits per heavy atom. The summed E-state index contributed by atoms with van der Waals surface area (Å²) in [6.45, 7) is 11.7. The monoisotopic (exact) mass is 278 g/mol. The van der Waals surface area contributed by atoms with Crippen molar-refractivity contribution in [3.8, 4) is 0 Å². The maximum Gasteiger partial charge on any atom is 0.151 e. The van der Waals surface area contributed by atoms with Gasteiger partial charge in [-0.05, 0) is 25.4 Å². The van der Waals surface area contributed by atoms with Crippen LogP contribution in [0.1, 0.15) is 47.5 Å². The first-order valence-electron chi connectivity index (χ1n) is 6.90. The molecule has 0 heterocycles. The normalized spacial score (nSPS) is 16.9. The average Bonchev–Trinajstić information content (AvgIpc) is 2.31. The summed E-state index contributed by atoms with van der Waals surface area (Å²) < 4.78 is 6.24. The van der Waals surface area contributed by atoms with Gasteiger partial charge in [-0.25, -0.2) is 0 Å². The molecule has 0 radical (unpaired) electrons. The SMILES string of the molecule is CCC(P)CC(C)O[SiH2][Si](CC)(CC)CC. The van der Waals surface area contributed by atoms with Crippen LogP contribution < -0.4 is 0 Å². The average molecular weight is 279 g/mol. The molecular formula is C12H31OPSi2. The van der Waals surface area contributed by atoms with Gasteiger partial charge in [-0.2, -0.15) is 0 Å². The van der Waals surface area contributed by atoms with Crippen LogP contribution in [-0.4, -0.2) is 28.6 Å². The molecule has 0 saturated heterocycles. The molecule has 0 aliphatic carbocycles. The second kappa shape index (κ2) is 8.85. The summed E-state index contributed by atoms with van der Waals surface area (Å²) in [4.78, 5) is 0. The van der Waals surface area contributed by atoms with Gasteiger partial charge in [-0.3, -0.25) is 0 Å². The molecule has 0 amide bonds. The van der Waals surface area contributed by atoms with Gasteiger partial charge < -0.3 is 4.43 Å². The molecule has 0 rings (SSSR count). The van der Waals surface area contributed by atoms with Gasteiger partial charge in [-0.1, -0.05) is 45.8 Å². The molecule has 0 spiro atoms. The zero-order valence-electron chi connectivity index (χ0n) is 11.9. The molecule has 0 aromatic rings. The Morgan fingerprint density at radius 1 is 1.12 bits per heavy atom. The zero-order chi connectivity index (χ0) is 12.6. The third-order valence-corrected chi connectivity index (χ3v) is 17.5. The Balaban J connectivity index is 4.01. The molecule has 0 saturated carbocycles. The van der Waals surface area contributed by atoms with Crippen molar-refractivity contribution >= 4 is 26.1 Å². The summed E-state index contributed by atoms with van der Waals surface area (Å²) in [5, 5.41) is 0. The zero-order valence-corrected chi connectivity index (χ0v) is 15.5. The van der Waals surface area contributed by atoms with Crippen molar-refractivity contribution in [2.75, 3.05) is 0 Å². The van der Waals surface area contributed by atoms with Crippen molar-refractivity contribution in [2.24, 2.45) is 0 Å². The van der Waals surface area contributed by atoms with Gasteiger partial charge in [-0.15, -0.1) is 9.24 Å². The van der Waals surface area contributed by atoms with E-state index in [1.165, 1.54) is 31.0 Å². The van der Waals surface area contributed by atoms with E-state index in [4.69, 9.17) is 4.43 Å². The molecule has 0 aliphatic heterocycles. The first-order chi connectivity index (χ1) is 7.53. The highest BCUT2D eigenvalue weighted by Crippen LogP contribution is 2.21. The third-order valence-electron chi connectivity index (χ3n) is 4.08. The van der Waals surface area contributed by atoms with Crippen LogP contribution in [0.2, 0.25) is 18.1 Å². The van der Waals surface area contributed by atoms with Crippen molar-refractivity contribution in [3.05, 3.63) is 0 Å². The minimum Gasteiger partial charge on any atom is -0.425 e. The molecule has 0 aromatic carbocycles. The highest BCUT2D eigenvalue weighted by Gasteiger charge is 2.28. The molecular weight excluding hydrogens is 247 g/mol. The van der Waals surface area contributed by atoms with E-state index < -0.39 is 7.59 Å². The smallest absolute Gasteiger partial charge is 0.151 e. The van der Waals surface area contributed by atoms with E-state index in [1.807, 2.05) is 0 Å². The Hall–Kier alpha value is 0.824. The number of hydrogen-bond acceptors (Lipinski definition) is 1. The predicted octanol–water partition coefficient (Wildman–Crippen LogP) is 3.52. The highest BCUT2D eigenvalue weighted by atomic mass is 31.0. The van der Waals surface area contributed by atoms with E-state index in [9.17, 15) is 0 Å². The molecule has 4 heteroatoms. The van der Waals surface area contributed by atoms with Gasteiger partial charge in [0.1, 0.15) is 0 Å². The van der Waals surface area contributed by atoms with E-state index in [2.05, 4.69) is 43.9 Å². The summed E-state index contributed by atoms with van der Waals surface area (Å²) in [7, 11) is 1.76. The lowest BCUT2D eigenvalue weighted by Crippen LogP contribution is -2.42. The van der Waals surface area contributed by atoms with Crippen LogP contribution in [0.4, 0.5) is 0 Å². The Kier molecular flexibility index (Phi) is 9.30. The van der Waals surface area contributed by atoms with Gasteiger partial charge in [0.15, 0.2) is 9.28 Å². The lowest BCUT2D eigenvalue weighted by molar-refractivity contribution is 0.225. The number of hydrogen-bond donors (Lipinski definition) is 0. The van der Waals surface area contributed by atoms with E-state index >= 15 is 0 Å². The molecule has 1 nitrogen and oxygen atoms in total. The summed E-state index contributed by atoms with van der Waals surface area (Å²) in [6, 6.07) is 4.28. The fraction of sp³-hybridized carbons (Fsp3) is 1.00. The standard InChI is InChI=1S/C12H31OPSi2/c1-6-12(14)10-11(5)13-15-16(7-2,8-3)9-4/h11-12H,6-10,14-15H2,1-5H3. The van der Waals surface area contributed by atoms with Crippen molar-refractivity contribution in [1.82, 2.24) is 0 Å². The van der Waals surface area contributed by atoms with Crippen LogP contribution in [-0.2, 0) is 4.43 Å². The lowest BCUT2D eigenvalue weighted by Gasteiger charge is -2.29. The molecule has 0 aromatic heterocycles. The second-order valence-electron chi connectivity index (χ2n) is 5.09. The van der Waals surface area contributed by atoms with Crippen LogP contribution in [0, 0.1) is 0 Å². The highest BCUT2D eigenvalue weighted by molar-refractivity contribution is 7.22. The van der Waals surface area contributed by atoms with Crippen molar-refractivity contribution < 1.29 is 4.43 Å². The quantitative estimate of drug-likeness (QED) is 0.463. The fourth-order valence-electron chi connectivity index (χ4n) is 2.04. The van der Waals surface area contributed by atoms with Crippen molar-refractivity contribution in [1.29, 1.82) is 0 Å². The van der Waals surface area contributed by atoms with Crippen LogP contribution in [0.25, 0.3) is 0 Å². The molecule has 3 unspecified atom stereocenters. The third kappa shape index (κ3) is 5.95. The summed E-state index contributed by atoms with van der Waals surface area (Å²) in [6.07, 6.45) is 2.96. The molecule has 3 atom stereocenters. The Labute approximate surface area is 108 Å². The maximum absolute atomic E-state index is 6.24. The van der Waals surface area contributed by atoms with E-state index in [0.717, 1.165) is 5.66 Å². The van der Waals surface area contributed by atoms with E-state index in [0.29, 0.717) is 6.10 Å². The van der Waals surface area contributed by atoms with Crippen LogP contribution >= 0.6 is 9.24 Å². The largest absolute Gasteiger partial charge is 0.425 e. The van der Waals surface area contributed by atoms with Gasteiger partial charge >= 0.3 is 0 Å². The van der Waals surface area contributed by atoms with Crippen molar-refractivity contribution in [2.45, 2.75) is 77.4 Å². The molecule has 0 fully saturated rings. The summed E-state index contributed by atoms with van der Waals surface area (Å²) in [5.74, 6) is 0. The summed E-state index contributed by atoms with van der Waals surface area (Å²) in [5.41, 5.74) is 0.741. The van der Waals surface area contributed by atoms with Crippen LogP contribution in [0.3, 0.4) is 0 Å². The molecule has 16 heavy (non-hydrogen) atoms. The van der Waals surface area contributed by atoms with E-state index in [1.54, 1.807) is 0 Å². The minimum atomic E-state index is -0.932. The first kappa shape index (κ1) is 16.8. The first-order valence-corrected chi connectivity index (χ1v) is 13.1. The number of rotatable bonds is 9. The predicted molar refractivity (Wildman–Crippen MR) is 84.7 cm³/mol. The molecule has 98 valence electrons.